The monoisotopic (exact) mass is 645 g/mol. The normalized spacial score (nSPS) is 13.0. The molecule has 0 spiro atoms. The van der Waals surface area contributed by atoms with Gasteiger partial charge in [0.15, 0.2) is 0 Å². The van der Waals surface area contributed by atoms with Gasteiger partial charge in [-0.15, -0.1) is 0 Å². The molecule has 0 radical (unpaired) electrons. The van der Waals surface area contributed by atoms with Gasteiger partial charge in [-0.1, -0.05) is 58.0 Å². The molecule has 42 heavy (non-hydrogen) atoms. The van der Waals surface area contributed by atoms with Crippen molar-refractivity contribution in [3.05, 3.63) is 107 Å². The number of carboxylic acid groups (broad SMARTS) is 1. The van der Waals surface area contributed by atoms with Crippen LogP contribution in [0.3, 0.4) is 0 Å². The minimum absolute atomic E-state index is 0.0150. The summed E-state index contributed by atoms with van der Waals surface area (Å²) in [6.45, 7) is 1.93. The number of hydrogen-bond acceptors (Lipinski definition) is 6. The van der Waals surface area contributed by atoms with Crippen LogP contribution in [-0.2, 0) is 11.2 Å². The number of hydrogen-bond donors (Lipinski definition) is 2. The molecule has 1 aliphatic rings. The third kappa shape index (κ3) is 7.09. The Morgan fingerprint density at radius 3 is 2.29 bits per heavy atom. The summed E-state index contributed by atoms with van der Waals surface area (Å²) in [4.78, 5) is 29.8. The molecule has 0 atom stereocenters. The Hall–Kier alpha value is -3.95. The molecule has 1 fully saturated rings. The van der Waals surface area contributed by atoms with Gasteiger partial charge < -0.3 is 14.7 Å². The molecule has 4 aromatic carbocycles. The van der Waals surface area contributed by atoms with Gasteiger partial charge in [-0.3, -0.25) is 15.2 Å². The maximum atomic E-state index is 13.6. The van der Waals surface area contributed by atoms with E-state index in [0.717, 1.165) is 52.8 Å². The van der Waals surface area contributed by atoms with Crippen LogP contribution in [0.1, 0.15) is 35.2 Å². The number of carboxylic acids is 1. The van der Waals surface area contributed by atoms with Crippen LogP contribution < -0.4 is 20.1 Å². The van der Waals surface area contributed by atoms with E-state index in [1.54, 1.807) is 17.8 Å². The van der Waals surface area contributed by atoms with Gasteiger partial charge in [0.1, 0.15) is 11.3 Å². The summed E-state index contributed by atoms with van der Waals surface area (Å²) in [5.74, 6) is -1.15. The van der Waals surface area contributed by atoms with Crippen LogP contribution in [0.15, 0.2) is 105 Å². The first-order chi connectivity index (χ1) is 20.4. The molecule has 4 aromatic rings. The van der Waals surface area contributed by atoms with Crippen molar-refractivity contribution in [1.29, 1.82) is 0 Å². The summed E-state index contributed by atoms with van der Waals surface area (Å²) >= 11 is 5.12. The number of para-hydroxylation sites is 2. The molecule has 0 aromatic heterocycles. The van der Waals surface area contributed by atoms with Crippen LogP contribution in [0.25, 0.3) is 0 Å². The van der Waals surface area contributed by atoms with Crippen LogP contribution in [0.4, 0.5) is 17.1 Å². The van der Waals surface area contributed by atoms with Gasteiger partial charge in [0.05, 0.1) is 30.6 Å². The zero-order valence-electron chi connectivity index (χ0n) is 23.3. The number of nitrogens with one attached hydrogen (secondary N) is 1. The summed E-state index contributed by atoms with van der Waals surface area (Å²) < 4.78 is 5.82. The Kier molecular flexibility index (Phi) is 9.71. The van der Waals surface area contributed by atoms with E-state index in [1.165, 1.54) is 19.6 Å². The van der Waals surface area contributed by atoms with E-state index < -0.39 is 5.97 Å². The third-order valence-corrected chi connectivity index (χ3v) is 8.83. The highest BCUT2D eigenvalue weighted by atomic mass is 79.9. The third-order valence-electron chi connectivity index (χ3n) is 7.08. The molecule has 2 N–H and O–H groups in total. The van der Waals surface area contributed by atoms with Crippen molar-refractivity contribution in [3.63, 3.8) is 0 Å². The Labute approximate surface area is 258 Å². The first-order valence-electron chi connectivity index (χ1n) is 13.8. The number of piperidine rings is 1. The molecule has 1 saturated heterocycles. The molecule has 7 nitrogen and oxygen atoms in total. The molecule has 1 heterocycles. The lowest BCUT2D eigenvalue weighted by Crippen LogP contribution is -2.41. The predicted octanol–water partition coefficient (Wildman–Crippen LogP) is 7.71. The maximum absolute atomic E-state index is 13.6. The highest BCUT2D eigenvalue weighted by Gasteiger charge is 2.22. The van der Waals surface area contributed by atoms with Crippen LogP contribution >= 0.6 is 27.7 Å². The van der Waals surface area contributed by atoms with Crippen molar-refractivity contribution in [2.75, 3.05) is 30.1 Å². The van der Waals surface area contributed by atoms with E-state index in [-0.39, 0.29) is 23.6 Å². The van der Waals surface area contributed by atoms with E-state index in [1.807, 2.05) is 53.5 Å². The van der Waals surface area contributed by atoms with Crippen molar-refractivity contribution in [2.24, 2.45) is 0 Å². The molecule has 216 valence electrons. The van der Waals surface area contributed by atoms with Gasteiger partial charge in [0.2, 0.25) is 5.91 Å². The van der Waals surface area contributed by atoms with Gasteiger partial charge in [0.25, 0.3) is 0 Å². The molecule has 0 unspecified atom stereocenters. The molecule has 1 aliphatic heterocycles. The number of carbonyl (C=O) groups excluding carboxylic acids is 1. The fourth-order valence-corrected chi connectivity index (χ4v) is 6.33. The Balaban J connectivity index is 1.45. The second-order valence-electron chi connectivity index (χ2n) is 9.94. The lowest BCUT2D eigenvalue weighted by Gasteiger charge is -2.34. The van der Waals surface area contributed by atoms with Crippen molar-refractivity contribution >= 4 is 56.6 Å². The summed E-state index contributed by atoms with van der Waals surface area (Å²) in [6, 6.07) is 29.5. The summed E-state index contributed by atoms with van der Waals surface area (Å²) in [5, 5.41) is 11.4. The Bertz CT molecular complexity index is 1540. The number of ether oxygens (including phenoxy) is 1. The highest BCUT2D eigenvalue weighted by molar-refractivity contribution is 9.10. The fraction of sp³-hybridized carbons (Fsp3) is 0.212. The minimum Gasteiger partial charge on any atom is -0.496 e. The molecule has 1 amide bonds. The van der Waals surface area contributed by atoms with E-state index in [2.05, 4.69) is 56.6 Å². The summed E-state index contributed by atoms with van der Waals surface area (Å²) in [5.41, 5.74) is 6.55. The molecule has 0 bridgehead atoms. The smallest absolute Gasteiger partial charge is 0.339 e. The van der Waals surface area contributed by atoms with Gasteiger partial charge in [0, 0.05) is 27.4 Å². The van der Waals surface area contributed by atoms with Crippen LogP contribution in [-0.4, -0.2) is 37.2 Å². The van der Waals surface area contributed by atoms with E-state index in [0.29, 0.717) is 10.0 Å². The summed E-state index contributed by atoms with van der Waals surface area (Å²) in [7, 11) is 1.42. The zero-order chi connectivity index (χ0) is 29.5. The average molecular weight is 647 g/mol. The number of nitrogens with zero attached hydrogens (tertiary/aromatic N) is 2. The minimum atomic E-state index is -1.10. The number of amides is 1. The largest absolute Gasteiger partial charge is 0.496 e. The number of rotatable bonds is 10. The number of halogens is 1. The van der Waals surface area contributed by atoms with E-state index in [9.17, 15) is 14.7 Å². The van der Waals surface area contributed by atoms with Crippen LogP contribution in [0, 0.1) is 0 Å². The van der Waals surface area contributed by atoms with Crippen LogP contribution in [0.5, 0.6) is 5.75 Å². The first kappa shape index (κ1) is 29.5. The highest BCUT2D eigenvalue weighted by Crippen LogP contribution is 2.36. The molecular formula is C33H32BrN3O4S. The molecule has 5 rings (SSSR count). The topological polar surface area (TPSA) is 82.1 Å². The van der Waals surface area contributed by atoms with Gasteiger partial charge in [-0.25, -0.2) is 4.79 Å². The Morgan fingerprint density at radius 1 is 0.929 bits per heavy atom. The quantitative estimate of drug-likeness (QED) is 0.171. The second kappa shape index (κ2) is 13.8. The molecule has 0 saturated carbocycles. The number of hydrazine groups is 1. The van der Waals surface area contributed by atoms with Crippen molar-refractivity contribution in [2.45, 2.75) is 35.5 Å². The van der Waals surface area contributed by atoms with Gasteiger partial charge in [-0.05, 0) is 85.5 Å². The maximum Gasteiger partial charge on any atom is 0.339 e. The van der Waals surface area contributed by atoms with Crippen molar-refractivity contribution < 1.29 is 19.4 Å². The second-order valence-corrected chi connectivity index (χ2v) is 11.9. The van der Waals surface area contributed by atoms with Crippen molar-refractivity contribution in [3.8, 4) is 5.75 Å². The standard InChI is InChI=1S/C33H32BrN3O4S/c1-41-31-20-23(28(34)22-27(31)33(39)40)21-32(38)35-37(30-13-7-6-12-29(30)36-18-8-3-9-19-36)24-14-16-26(17-15-24)42-25-10-4-2-5-11-25/h2,4-7,10-17,20,22H,3,8-9,18-19,21H2,1H3,(H,35,38)(H,39,40). The SMILES string of the molecule is COc1cc(CC(=O)NN(c2ccc(Sc3ccccc3)cc2)c2ccccc2N2CCCCC2)c(Br)cc1C(=O)O. The zero-order valence-corrected chi connectivity index (χ0v) is 25.7. The van der Waals surface area contributed by atoms with Crippen LogP contribution in [0.2, 0.25) is 0 Å². The number of aromatic carboxylic acids is 1. The van der Waals surface area contributed by atoms with Crippen molar-refractivity contribution in [1.82, 2.24) is 5.43 Å². The molecular weight excluding hydrogens is 614 g/mol. The molecule has 0 aliphatic carbocycles. The summed E-state index contributed by atoms with van der Waals surface area (Å²) in [6.07, 6.45) is 3.50. The molecule has 9 heteroatoms. The number of benzene rings is 4. The lowest BCUT2D eigenvalue weighted by molar-refractivity contribution is -0.120. The van der Waals surface area contributed by atoms with Gasteiger partial charge >= 0.3 is 5.97 Å². The predicted molar refractivity (Wildman–Crippen MR) is 171 cm³/mol. The van der Waals surface area contributed by atoms with E-state index in [4.69, 9.17) is 4.74 Å². The van der Waals surface area contributed by atoms with E-state index >= 15 is 0 Å². The first-order valence-corrected chi connectivity index (χ1v) is 15.4. The van der Waals surface area contributed by atoms with Gasteiger partial charge in [-0.2, -0.15) is 0 Å². The Morgan fingerprint density at radius 2 is 1.60 bits per heavy atom. The average Bonchev–Trinajstić information content (AvgIpc) is 3.02. The fourth-order valence-electron chi connectivity index (χ4n) is 5.01. The number of carbonyl (C=O) groups is 2. The number of methoxy groups -OCH3 is 1. The number of anilines is 3. The lowest BCUT2D eigenvalue weighted by atomic mass is 10.1.